The molecular weight excluding hydrogens is 284 g/mol. The molecule has 0 spiro atoms. The highest BCUT2D eigenvalue weighted by Gasteiger charge is 2.54. The second kappa shape index (κ2) is 4.64. The number of halogens is 4. The monoisotopic (exact) mass is 290 g/mol. The van der Waals surface area contributed by atoms with Crippen molar-refractivity contribution in [1.82, 2.24) is 0 Å². The van der Waals surface area contributed by atoms with E-state index >= 15 is 0 Å². The minimum atomic E-state index is -4.44. The topological polar surface area (TPSA) is 71.4 Å². The summed E-state index contributed by atoms with van der Waals surface area (Å²) in [5.41, 5.74) is -1.04. The molecule has 20 heavy (non-hydrogen) atoms. The van der Waals surface area contributed by atoms with E-state index in [1.54, 1.807) is 6.07 Å². The van der Waals surface area contributed by atoms with Crippen LogP contribution in [0.25, 0.3) is 0 Å². The smallest absolute Gasteiger partial charge is 0.409 e. The lowest BCUT2D eigenvalue weighted by Gasteiger charge is -2.30. The highest BCUT2D eigenvalue weighted by molar-refractivity contribution is 5.92. The van der Waals surface area contributed by atoms with Gasteiger partial charge in [-0.3, -0.25) is 4.79 Å². The van der Waals surface area contributed by atoms with Gasteiger partial charge in [0.15, 0.2) is 0 Å². The summed E-state index contributed by atoms with van der Waals surface area (Å²) >= 11 is 0. The number of amides is 1. The number of ether oxygens (including phenoxy) is 2. The zero-order valence-corrected chi connectivity index (χ0v) is 9.62. The predicted octanol–water partition coefficient (Wildman–Crippen LogP) is 2.55. The zero-order chi connectivity index (χ0) is 15.0. The van der Waals surface area contributed by atoms with Crippen molar-refractivity contribution in [3.63, 3.8) is 0 Å². The summed E-state index contributed by atoms with van der Waals surface area (Å²) in [6.45, 7) is 0. The molecule has 1 aromatic rings. The van der Waals surface area contributed by atoms with E-state index in [1.807, 2.05) is 0 Å². The molecule has 0 unspecified atom stereocenters. The Labute approximate surface area is 109 Å². The molecule has 5 nitrogen and oxygen atoms in total. The predicted molar refractivity (Wildman–Crippen MR) is 55.9 cm³/mol. The van der Waals surface area contributed by atoms with E-state index in [-0.39, 0.29) is 5.69 Å². The average Bonchev–Trinajstić information content (AvgIpc) is 2.28. The van der Waals surface area contributed by atoms with Crippen molar-refractivity contribution in [2.45, 2.75) is 18.8 Å². The first-order valence-corrected chi connectivity index (χ1v) is 5.20. The zero-order valence-electron chi connectivity index (χ0n) is 9.62. The van der Waals surface area contributed by atoms with Gasteiger partial charge < -0.3 is 10.1 Å². The highest BCUT2D eigenvalue weighted by Crippen LogP contribution is 2.46. The van der Waals surface area contributed by atoms with Gasteiger partial charge in [-0.2, -0.15) is 14.0 Å². The molecule has 0 saturated carbocycles. The summed E-state index contributed by atoms with van der Waals surface area (Å²) in [7, 11) is 0. The largest absolute Gasteiger partial charge is 0.540 e. The number of nitrogens with zero attached hydrogens (tertiary/aromatic N) is 1. The van der Waals surface area contributed by atoms with Crippen LogP contribution in [-0.2, 0) is 15.6 Å². The molecule has 0 bridgehead atoms. The van der Waals surface area contributed by atoms with Gasteiger partial charge in [-0.05, 0) is 18.2 Å². The van der Waals surface area contributed by atoms with Gasteiger partial charge in [0.25, 0.3) is 0 Å². The summed E-state index contributed by atoms with van der Waals surface area (Å²) < 4.78 is 59.5. The fraction of sp³-hybridized carbons (Fsp3) is 0.273. The van der Waals surface area contributed by atoms with Crippen molar-refractivity contribution < 1.29 is 31.8 Å². The van der Waals surface area contributed by atoms with Gasteiger partial charge in [0.2, 0.25) is 5.91 Å². The molecule has 0 aromatic heterocycles. The number of nitriles is 1. The SMILES string of the molecule is N#CCC(=O)Nc1ccc2c(c1)C(F)(F)OC(F)(F)O2. The molecule has 1 heterocycles. The van der Waals surface area contributed by atoms with Crippen LogP contribution in [0, 0.1) is 11.3 Å². The second-order valence-corrected chi connectivity index (χ2v) is 3.78. The Morgan fingerprint density at radius 1 is 1.35 bits per heavy atom. The van der Waals surface area contributed by atoms with Gasteiger partial charge in [-0.25, -0.2) is 4.74 Å². The lowest BCUT2D eigenvalue weighted by Crippen LogP contribution is -2.41. The lowest BCUT2D eigenvalue weighted by molar-refractivity contribution is -0.461. The van der Waals surface area contributed by atoms with E-state index < -0.39 is 36.0 Å². The molecule has 1 aliphatic rings. The van der Waals surface area contributed by atoms with Crippen molar-refractivity contribution in [2.75, 3.05) is 5.32 Å². The first-order chi connectivity index (χ1) is 9.23. The molecule has 0 aliphatic carbocycles. The Kier molecular flexibility index (Phi) is 3.27. The molecule has 1 N–H and O–H groups in total. The van der Waals surface area contributed by atoms with Crippen molar-refractivity contribution in [2.24, 2.45) is 0 Å². The van der Waals surface area contributed by atoms with Gasteiger partial charge in [0.05, 0.1) is 11.6 Å². The molecule has 1 amide bonds. The average molecular weight is 290 g/mol. The van der Waals surface area contributed by atoms with Crippen LogP contribution in [0.1, 0.15) is 12.0 Å². The number of anilines is 1. The van der Waals surface area contributed by atoms with E-state index in [0.717, 1.165) is 18.2 Å². The molecular formula is C11H6F4N2O3. The van der Waals surface area contributed by atoms with Crippen LogP contribution in [0.15, 0.2) is 18.2 Å². The summed E-state index contributed by atoms with van der Waals surface area (Å²) in [6.07, 6.45) is -9.19. The standard InChI is InChI=1S/C11H6F4N2O3/c12-10(13)7-5-6(17-9(18)3-4-16)1-2-8(7)19-11(14,15)20-10/h1-2,5H,3H2,(H,17,18). The highest BCUT2D eigenvalue weighted by atomic mass is 19.3. The molecule has 0 saturated heterocycles. The van der Waals surface area contributed by atoms with Crippen LogP contribution < -0.4 is 10.1 Å². The number of fused-ring (bicyclic) bond motifs is 1. The quantitative estimate of drug-likeness (QED) is 0.850. The Bertz CT molecular complexity index is 598. The molecule has 106 valence electrons. The molecule has 9 heteroatoms. The first kappa shape index (κ1) is 14.1. The molecule has 0 fully saturated rings. The number of hydrogen-bond donors (Lipinski definition) is 1. The number of rotatable bonds is 2. The van der Waals surface area contributed by atoms with Crippen LogP contribution in [0.4, 0.5) is 23.2 Å². The number of hydrogen-bond acceptors (Lipinski definition) is 4. The van der Waals surface area contributed by atoms with Crippen LogP contribution in [-0.4, -0.2) is 12.2 Å². The van der Waals surface area contributed by atoms with E-state index in [4.69, 9.17) is 5.26 Å². The third-order valence-electron chi connectivity index (χ3n) is 2.29. The third-order valence-corrected chi connectivity index (χ3v) is 2.29. The fourth-order valence-corrected chi connectivity index (χ4v) is 1.55. The van der Waals surface area contributed by atoms with Gasteiger partial charge in [-0.15, -0.1) is 8.78 Å². The number of benzene rings is 1. The number of nitrogens with one attached hydrogen (secondary N) is 1. The summed E-state index contributed by atoms with van der Waals surface area (Å²) in [4.78, 5) is 11.1. The molecule has 1 aliphatic heterocycles. The van der Waals surface area contributed by atoms with Gasteiger partial charge in [0, 0.05) is 5.69 Å². The van der Waals surface area contributed by atoms with Crippen molar-refractivity contribution in [3.05, 3.63) is 23.8 Å². The minimum Gasteiger partial charge on any atom is -0.409 e. The van der Waals surface area contributed by atoms with Crippen LogP contribution in [0.5, 0.6) is 5.75 Å². The summed E-state index contributed by atoms with van der Waals surface area (Å²) in [5, 5.41) is 10.5. The maximum Gasteiger partial charge on any atom is 0.540 e. The third kappa shape index (κ3) is 2.80. The number of carbonyl (C=O) groups excluding carboxylic acids is 1. The van der Waals surface area contributed by atoms with Crippen LogP contribution in [0.3, 0.4) is 0 Å². The molecule has 0 radical (unpaired) electrons. The van der Waals surface area contributed by atoms with E-state index in [2.05, 4.69) is 14.8 Å². The maximum absolute atomic E-state index is 13.4. The minimum absolute atomic E-state index is 0.0962. The molecule has 2 rings (SSSR count). The summed E-state index contributed by atoms with van der Waals surface area (Å²) in [5.74, 6) is -1.48. The maximum atomic E-state index is 13.4. The van der Waals surface area contributed by atoms with Gasteiger partial charge in [0.1, 0.15) is 12.2 Å². The first-order valence-electron chi connectivity index (χ1n) is 5.20. The molecule has 1 aromatic carbocycles. The normalized spacial score (nSPS) is 18.4. The van der Waals surface area contributed by atoms with Crippen molar-refractivity contribution >= 4 is 11.6 Å². The van der Waals surface area contributed by atoms with E-state index in [0.29, 0.717) is 0 Å². The van der Waals surface area contributed by atoms with E-state index in [9.17, 15) is 22.4 Å². The van der Waals surface area contributed by atoms with Crippen LogP contribution >= 0.6 is 0 Å². The Morgan fingerprint density at radius 2 is 2.05 bits per heavy atom. The van der Waals surface area contributed by atoms with Crippen molar-refractivity contribution in [1.29, 1.82) is 5.26 Å². The van der Waals surface area contributed by atoms with E-state index in [1.165, 1.54) is 0 Å². The molecule has 0 atom stereocenters. The Morgan fingerprint density at radius 3 is 2.70 bits per heavy atom. The number of carbonyl (C=O) groups is 1. The second-order valence-electron chi connectivity index (χ2n) is 3.78. The summed E-state index contributed by atoms with van der Waals surface area (Å²) in [6, 6.07) is 4.24. The van der Waals surface area contributed by atoms with Gasteiger partial charge in [-0.1, -0.05) is 0 Å². The fourth-order valence-electron chi connectivity index (χ4n) is 1.55. The lowest BCUT2D eigenvalue weighted by atomic mass is 10.1. The van der Waals surface area contributed by atoms with Gasteiger partial charge >= 0.3 is 12.4 Å². The van der Waals surface area contributed by atoms with Crippen LogP contribution in [0.2, 0.25) is 0 Å². The number of alkyl halides is 4. The van der Waals surface area contributed by atoms with Crippen molar-refractivity contribution in [3.8, 4) is 11.8 Å². The Hall–Kier alpha value is -2.34. The Balaban J connectivity index is 2.32.